The van der Waals surface area contributed by atoms with Crippen LogP contribution < -0.4 is 10.6 Å². The summed E-state index contributed by atoms with van der Waals surface area (Å²) in [4.78, 5) is 1.95. The molecule has 0 saturated carbocycles. The van der Waals surface area contributed by atoms with E-state index in [4.69, 9.17) is 22.1 Å². The number of rotatable bonds is 3. The highest BCUT2D eigenvalue weighted by molar-refractivity contribution is 6.31. The predicted molar refractivity (Wildman–Crippen MR) is 74.1 cm³/mol. The Labute approximate surface area is 112 Å². The molecule has 0 unspecified atom stereocenters. The van der Waals surface area contributed by atoms with E-state index >= 15 is 0 Å². The zero-order valence-corrected chi connectivity index (χ0v) is 11.3. The molecule has 0 amide bonds. The summed E-state index contributed by atoms with van der Waals surface area (Å²) in [6, 6.07) is 5.36. The topological polar surface area (TPSA) is 58.7 Å². The summed E-state index contributed by atoms with van der Waals surface area (Å²) in [7, 11) is 1.91. The lowest BCUT2D eigenvalue weighted by Gasteiger charge is -2.36. The number of hydrogen-bond donors (Lipinski definition) is 2. The van der Waals surface area contributed by atoms with Crippen molar-refractivity contribution in [3.05, 3.63) is 23.2 Å². The SMILES string of the molecule is CN(CC1(O)CCOCC1)c1cc(Cl)ccc1N. The Morgan fingerprint density at radius 3 is 2.78 bits per heavy atom. The Bertz CT molecular complexity index is 419. The summed E-state index contributed by atoms with van der Waals surface area (Å²) >= 11 is 5.97. The maximum atomic E-state index is 10.5. The number of anilines is 2. The van der Waals surface area contributed by atoms with E-state index in [-0.39, 0.29) is 0 Å². The molecule has 0 bridgehead atoms. The molecule has 1 aromatic rings. The summed E-state index contributed by atoms with van der Waals surface area (Å²) in [6.45, 7) is 1.74. The second kappa shape index (κ2) is 5.34. The average Bonchev–Trinajstić information content (AvgIpc) is 2.32. The van der Waals surface area contributed by atoms with Crippen molar-refractivity contribution in [1.82, 2.24) is 0 Å². The van der Waals surface area contributed by atoms with Gasteiger partial charge in [-0.15, -0.1) is 0 Å². The zero-order valence-electron chi connectivity index (χ0n) is 10.5. The molecular weight excluding hydrogens is 252 g/mol. The number of nitrogens with zero attached hydrogens (tertiary/aromatic N) is 1. The first-order chi connectivity index (χ1) is 8.50. The van der Waals surface area contributed by atoms with Gasteiger partial charge in [0.15, 0.2) is 0 Å². The number of nitrogens with two attached hydrogens (primary N) is 1. The zero-order chi connectivity index (χ0) is 13.2. The van der Waals surface area contributed by atoms with Gasteiger partial charge in [0.25, 0.3) is 0 Å². The van der Waals surface area contributed by atoms with Crippen LogP contribution in [0.5, 0.6) is 0 Å². The lowest BCUT2D eigenvalue weighted by atomic mass is 9.93. The van der Waals surface area contributed by atoms with Gasteiger partial charge in [0, 0.05) is 44.7 Å². The third-order valence-electron chi connectivity index (χ3n) is 3.36. The Morgan fingerprint density at radius 1 is 1.44 bits per heavy atom. The molecule has 18 heavy (non-hydrogen) atoms. The molecule has 3 N–H and O–H groups in total. The second-order valence-corrected chi connectivity index (χ2v) is 5.33. The number of halogens is 1. The average molecular weight is 271 g/mol. The van der Waals surface area contributed by atoms with Gasteiger partial charge in [-0.25, -0.2) is 0 Å². The van der Waals surface area contributed by atoms with E-state index in [2.05, 4.69) is 0 Å². The predicted octanol–water partition coefficient (Wildman–Crippen LogP) is 1.90. The molecule has 1 heterocycles. The van der Waals surface area contributed by atoms with Crippen molar-refractivity contribution in [3.63, 3.8) is 0 Å². The first kappa shape index (κ1) is 13.5. The van der Waals surface area contributed by atoms with Crippen molar-refractivity contribution < 1.29 is 9.84 Å². The van der Waals surface area contributed by atoms with Crippen LogP contribution in [0.3, 0.4) is 0 Å². The summed E-state index contributed by atoms with van der Waals surface area (Å²) in [5.41, 5.74) is 6.74. The maximum absolute atomic E-state index is 10.5. The quantitative estimate of drug-likeness (QED) is 0.824. The fraction of sp³-hybridized carbons (Fsp3) is 0.538. The largest absolute Gasteiger partial charge is 0.397 e. The van der Waals surface area contributed by atoms with Crippen molar-refractivity contribution in [2.45, 2.75) is 18.4 Å². The van der Waals surface area contributed by atoms with E-state index in [0.717, 1.165) is 5.69 Å². The molecule has 1 saturated heterocycles. The summed E-state index contributed by atoms with van der Waals surface area (Å²) in [6.07, 6.45) is 1.30. The second-order valence-electron chi connectivity index (χ2n) is 4.90. The van der Waals surface area contributed by atoms with Gasteiger partial charge in [-0.1, -0.05) is 11.6 Å². The molecular formula is C13H19ClN2O2. The number of aliphatic hydroxyl groups is 1. The van der Waals surface area contributed by atoms with Gasteiger partial charge in [0.05, 0.1) is 17.0 Å². The van der Waals surface area contributed by atoms with E-state index in [9.17, 15) is 5.11 Å². The number of nitrogen functional groups attached to an aromatic ring is 1. The monoisotopic (exact) mass is 270 g/mol. The Hall–Kier alpha value is -0.970. The van der Waals surface area contributed by atoms with Gasteiger partial charge in [-0.3, -0.25) is 0 Å². The van der Waals surface area contributed by atoms with Gasteiger partial charge in [0.2, 0.25) is 0 Å². The molecule has 1 aliphatic heterocycles. The maximum Gasteiger partial charge on any atom is 0.0865 e. The molecule has 4 nitrogen and oxygen atoms in total. The Kier molecular flexibility index (Phi) is 4.00. The van der Waals surface area contributed by atoms with E-state index < -0.39 is 5.60 Å². The summed E-state index contributed by atoms with van der Waals surface area (Å²) in [5, 5.41) is 11.1. The molecule has 5 heteroatoms. The van der Waals surface area contributed by atoms with Gasteiger partial charge in [0.1, 0.15) is 0 Å². The van der Waals surface area contributed by atoms with E-state index in [0.29, 0.717) is 43.3 Å². The first-order valence-corrected chi connectivity index (χ1v) is 6.44. The third kappa shape index (κ3) is 3.07. The minimum absolute atomic E-state index is 0.529. The molecule has 0 atom stereocenters. The van der Waals surface area contributed by atoms with E-state index in [1.807, 2.05) is 18.0 Å². The van der Waals surface area contributed by atoms with Gasteiger partial charge in [-0.2, -0.15) is 0 Å². The number of hydrogen-bond acceptors (Lipinski definition) is 4. The van der Waals surface area contributed by atoms with E-state index in [1.165, 1.54) is 0 Å². The number of benzene rings is 1. The lowest BCUT2D eigenvalue weighted by molar-refractivity contribution is -0.0572. The highest BCUT2D eigenvalue weighted by Gasteiger charge is 2.31. The van der Waals surface area contributed by atoms with Crippen molar-refractivity contribution in [3.8, 4) is 0 Å². The van der Waals surface area contributed by atoms with Crippen LogP contribution in [-0.2, 0) is 4.74 Å². The minimum atomic E-state index is -0.707. The van der Waals surface area contributed by atoms with Gasteiger partial charge in [-0.05, 0) is 18.2 Å². The Morgan fingerprint density at radius 2 is 2.11 bits per heavy atom. The normalized spacial score (nSPS) is 18.6. The number of ether oxygens (including phenoxy) is 1. The molecule has 0 aliphatic carbocycles. The van der Waals surface area contributed by atoms with E-state index in [1.54, 1.807) is 12.1 Å². The van der Waals surface area contributed by atoms with Crippen molar-refractivity contribution in [2.24, 2.45) is 0 Å². The van der Waals surface area contributed by atoms with Crippen LogP contribution in [0.2, 0.25) is 5.02 Å². The van der Waals surface area contributed by atoms with Crippen LogP contribution in [0, 0.1) is 0 Å². The molecule has 0 aromatic heterocycles. The molecule has 0 spiro atoms. The first-order valence-electron chi connectivity index (χ1n) is 6.06. The lowest BCUT2D eigenvalue weighted by Crippen LogP contribution is -2.45. The smallest absolute Gasteiger partial charge is 0.0865 e. The number of likely N-dealkylation sites (N-methyl/N-ethyl adjacent to an activating group) is 1. The summed E-state index contributed by atoms with van der Waals surface area (Å²) in [5.74, 6) is 0. The fourth-order valence-corrected chi connectivity index (χ4v) is 2.45. The summed E-state index contributed by atoms with van der Waals surface area (Å²) < 4.78 is 5.27. The van der Waals surface area contributed by atoms with Crippen molar-refractivity contribution in [1.29, 1.82) is 0 Å². The Balaban J connectivity index is 2.11. The third-order valence-corrected chi connectivity index (χ3v) is 3.59. The fourth-order valence-electron chi connectivity index (χ4n) is 2.28. The standard InChI is InChI=1S/C13H19ClN2O2/c1-16(9-13(17)4-6-18-7-5-13)12-8-10(14)2-3-11(12)15/h2-3,8,17H,4-7,9,15H2,1H3. The molecule has 100 valence electrons. The van der Waals surface area contributed by atoms with Gasteiger partial charge >= 0.3 is 0 Å². The van der Waals surface area contributed by atoms with Crippen LogP contribution in [0.1, 0.15) is 12.8 Å². The highest BCUT2D eigenvalue weighted by atomic mass is 35.5. The van der Waals surface area contributed by atoms with Crippen LogP contribution in [0.15, 0.2) is 18.2 Å². The van der Waals surface area contributed by atoms with Crippen LogP contribution in [0.25, 0.3) is 0 Å². The minimum Gasteiger partial charge on any atom is -0.397 e. The van der Waals surface area contributed by atoms with Crippen molar-refractivity contribution in [2.75, 3.05) is 37.4 Å². The molecule has 1 aromatic carbocycles. The molecule has 1 aliphatic rings. The van der Waals surface area contributed by atoms with Crippen LogP contribution >= 0.6 is 11.6 Å². The van der Waals surface area contributed by atoms with Crippen LogP contribution in [-0.4, -0.2) is 37.5 Å². The molecule has 1 fully saturated rings. The highest BCUT2D eigenvalue weighted by Crippen LogP contribution is 2.29. The van der Waals surface area contributed by atoms with Crippen LogP contribution in [0.4, 0.5) is 11.4 Å². The van der Waals surface area contributed by atoms with Crippen molar-refractivity contribution >= 4 is 23.0 Å². The molecule has 0 radical (unpaired) electrons. The van der Waals surface area contributed by atoms with Gasteiger partial charge < -0.3 is 20.5 Å². The molecule has 2 rings (SSSR count).